The number of hydrogen-bond acceptors (Lipinski definition) is 4. The molecule has 1 aromatic rings. The molecule has 0 radical (unpaired) electrons. The number of esters is 1. The van der Waals surface area contributed by atoms with E-state index in [9.17, 15) is 4.79 Å². The summed E-state index contributed by atoms with van der Waals surface area (Å²) in [6, 6.07) is 6.19. The van der Waals surface area contributed by atoms with E-state index in [2.05, 4.69) is 37.4 Å². The highest BCUT2D eigenvalue weighted by Gasteiger charge is 2.25. The number of para-hydroxylation sites is 1. The first-order valence-corrected chi connectivity index (χ1v) is 8.79. The number of rotatable bonds is 7. The predicted octanol–water partition coefficient (Wildman–Crippen LogP) is 3.39. The second-order valence-corrected chi connectivity index (χ2v) is 7.01. The van der Waals surface area contributed by atoms with Crippen molar-refractivity contribution in [1.29, 1.82) is 0 Å². The number of hydrogen-bond donors (Lipinski definition) is 1. The van der Waals surface area contributed by atoms with Crippen LogP contribution in [0.4, 0.5) is 0 Å². The molecule has 1 saturated carbocycles. The van der Waals surface area contributed by atoms with Crippen LogP contribution in [0.2, 0.25) is 0 Å². The van der Waals surface area contributed by atoms with E-state index in [1.54, 1.807) is 0 Å². The number of carbonyl (C=O) groups is 1. The Kier molecular flexibility index (Phi) is 5.21. The van der Waals surface area contributed by atoms with Crippen LogP contribution < -0.4 is 10.1 Å². The van der Waals surface area contributed by atoms with Gasteiger partial charge in [0, 0.05) is 0 Å². The summed E-state index contributed by atoms with van der Waals surface area (Å²) in [6.45, 7) is 5.22. The van der Waals surface area contributed by atoms with Gasteiger partial charge in [-0.2, -0.15) is 0 Å². The Hall–Kier alpha value is -1.55. The Morgan fingerprint density at radius 1 is 1.30 bits per heavy atom. The standard InChI is InChI=1S/C19H27NO3/c1-13(2)16-6-3-5-15(11-14-8-9-14)18(16)22-12-23-19(21)17-7-4-10-20-17/h3,5-6,13-14,17,20H,4,7-12H2,1-2H3. The molecule has 0 bridgehead atoms. The average molecular weight is 317 g/mol. The first-order valence-electron chi connectivity index (χ1n) is 8.79. The van der Waals surface area contributed by atoms with Gasteiger partial charge in [-0.05, 0) is 61.6 Å². The topological polar surface area (TPSA) is 47.6 Å². The summed E-state index contributed by atoms with van der Waals surface area (Å²) in [5, 5.41) is 3.15. The molecule has 0 spiro atoms. The maximum absolute atomic E-state index is 12.0. The molecule has 1 aliphatic carbocycles. The van der Waals surface area contributed by atoms with Crippen molar-refractivity contribution in [3.05, 3.63) is 29.3 Å². The zero-order valence-electron chi connectivity index (χ0n) is 14.1. The summed E-state index contributed by atoms with van der Waals surface area (Å²) in [4.78, 5) is 12.0. The molecule has 23 heavy (non-hydrogen) atoms. The van der Waals surface area contributed by atoms with E-state index in [1.165, 1.54) is 24.0 Å². The van der Waals surface area contributed by atoms with E-state index < -0.39 is 0 Å². The van der Waals surface area contributed by atoms with Gasteiger partial charge in [-0.1, -0.05) is 32.0 Å². The van der Waals surface area contributed by atoms with Crippen LogP contribution in [-0.4, -0.2) is 25.3 Å². The summed E-state index contributed by atoms with van der Waals surface area (Å²) in [5.74, 6) is 1.90. The third-order valence-electron chi connectivity index (χ3n) is 4.70. The summed E-state index contributed by atoms with van der Waals surface area (Å²) in [7, 11) is 0. The molecular formula is C19H27NO3. The SMILES string of the molecule is CC(C)c1cccc(CC2CC2)c1OCOC(=O)C1CCCN1. The predicted molar refractivity (Wildman–Crippen MR) is 89.6 cm³/mol. The first-order chi connectivity index (χ1) is 11.1. The van der Waals surface area contributed by atoms with Gasteiger partial charge >= 0.3 is 5.97 Å². The normalized spacial score (nSPS) is 20.7. The van der Waals surface area contributed by atoms with Crippen molar-refractivity contribution in [3.63, 3.8) is 0 Å². The van der Waals surface area contributed by atoms with Crippen molar-refractivity contribution < 1.29 is 14.3 Å². The van der Waals surface area contributed by atoms with Crippen molar-refractivity contribution >= 4 is 5.97 Å². The molecule has 1 atom stereocenters. The van der Waals surface area contributed by atoms with Crippen molar-refractivity contribution in [2.24, 2.45) is 5.92 Å². The third-order valence-corrected chi connectivity index (χ3v) is 4.70. The van der Waals surface area contributed by atoms with E-state index in [0.29, 0.717) is 5.92 Å². The van der Waals surface area contributed by atoms with Gasteiger partial charge in [-0.25, -0.2) is 0 Å². The number of carbonyl (C=O) groups excluding carboxylic acids is 1. The number of ether oxygens (including phenoxy) is 2. The van der Waals surface area contributed by atoms with Gasteiger partial charge in [0.15, 0.2) is 0 Å². The average Bonchev–Trinajstić information content (AvgIpc) is 3.17. The molecule has 126 valence electrons. The van der Waals surface area contributed by atoms with Crippen LogP contribution in [0.3, 0.4) is 0 Å². The van der Waals surface area contributed by atoms with Gasteiger partial charge < -0.3 is 14.8 Å². The Morgan fingerprint density at radius 3 is 2.78 bits per heavy atom. The van der Waals surface area contributed by atoms with Gasteiger partial charge in [0.05, 0.1) is 0 Å². The molecule has 0 amide bonds. The molecule has 3 rings (SSSR count). The van der Waals surface area contributed by atoms with Gasteiger partial charge in [0.2, 0.25) is 6.79 Å². The quantitative estimate of drug-likeness (QED) is 0.618. The monoisotopic (exact) mass is 317 g/mol. The van der Waals surface area contributed by atoms with Crippen molar-refractivity contribution in [1.82, 2.24) is 5.32 Å². The zero-order chi connectivity index (χ0) is 16.2. The van der Waals surface area contributed by atoms with Crippen LogP contribution in [-0.2, 0) is 16.0 Å². The second kappa shape index (κ2) is 7.35. The summed E-state index contributed by atoms with van der Waals surface area (Å²) >= 11 is 0. The van der Waals surface area contributed by atoms with Crippen LogP contribution in [0.5, 0.6) is 5.75 Å². The Morgan fingerprint density at radius 2 is 2.13 bits per heavy atom. The lowest BCUT2D eigenvalue weighted by atomic mass is 9.97. The van der Waals surface area contributed by atoms with Crippen LogP contribution in [0, 0.1) is 5.92 Å². The van der Waals surface area contributed by atoms with Gasteiger partial charge in [0.1, 0.15) is 11.8 Å². The van der Waals surface area contributed by atoms with Crippen molar-refractivity contribution in [3.8, 4) is 5.75 Å². The third kappa shape index (κ3) is 4.25. The number of benzene rings is 1. The van der Waals surface area contributed by atoms with E-state index in [1.807, 2.05) is 0 Å². The second-order valence-electron chi connectivity index (χ2n) is 7.01. The molecule has 1 heterocycles. The minimum absolute atomic E-state index is 0.00157. The fraction of sp³-hybridized carbons (Fsp3) is 0.632. The highest BCUT2D eigenvalue weighted by molar-refractivity contribution is 5.76. The molecule has 4 heteroatoms. The largest absolute Gasteiger partial charge is 0.457 e. The molecule has 1 saturated heterocycles. The fourth-order valence-corrected chi connectivity index (χ4v) is 3.16. The highest BCUT2D eigenvalue weighted by atomic mass is 16.7. The fourth-order valence-electron chi connectivity index (χ4n) is 3.16. The van der Waals surface area contributed by atoms with Crippen molar-refractivity contribution in [2.45, 2.75) is 57.9 Å². The van der Waals surface area contributed by atoms with Gasteiger partial charge in [0.25, 0.3) is 0 Å². The molecule has 0 aromatic heterocycles. The Balaban J connectivity index is 1.63. The molecule has 1 aromatic carbocycles. The van der Waals surface area contributed by atoms with Crippen LogP contribution in [0.25, 0.3) is 0 Å². The van der Waals surface area contributed by atoms with Crippen LogP contribution in [0.15, 0.2) is 18.2 Å². The first kappa shape index (κ1) is 16.3. The van der Waals surface area contributed by atoms with E-state index >= 15 is 0 Å². The minimum Gasteiger partial charge on any atom is -0.457 e. The lowest BCUT2D eigenvalue weighted by Gasteiger charge is -2.18. The molecule has 2 fully saturated rings. The lowest BCUT2D eigenvalue weighted by Crippen LogP contribution is -2.33. The van der Waals surface area contributed by atoms with Crippen LogP contribution in [0.1, 0.15) is 56.6 Å². The smallest absolute Gasteiger partial charge is 0.326 e. The summed E-state index contributed by atoms with van der Waals surface area (Å²) < 4.78 is 11.2. The van der Waals surface area contributed by atoms with E-state index in [-0.39, 0.29) is 18.8 Å². The molecule has 4 nitrogen and oxygen atoms in total. The Labute approximate surface area is 138 Å². The van der Waals surface area contributed by atoms with Gasteiger partial charge in [-0.3, -0.25) is 4.79 Å². The van der Waals surface area contributed by atoms with E-state index in [0.717, 1.165) is 37.5 Å². The maximum atomic E-state index is 12.0. The molecule has 1 unspecified atom stereocenters. The molecular weight excluding hydrogens is 290 g/mol. The summed E-state index contributed by atoms with van der Waals surface area (Å²) in [6.07, 6.45) is 5.58. The molecule has 1 aliphatic heterocycles. The lowest BCUT2D eigenvalue weighted by molar-refractivity contribution is -0.152. The highest BCUT2D eigenvalue weighted by Crippen LogP contribution is 2.38. The summed E-state index contributed by atoms with van der Waals surface area (Å²) in [5.41, 5.74) is 2.44. The van der Waals surface area contributed by atoms with Crippen molar-refractivity contribution in [2.75, 3.05) is 13.3 Å². The number of nitrogens with one attached hydrogen (secondary N) is 1. The van der Waals surface area contributed by atoms with Gasteiger partial charge in [-0.15, -0.1) is 0 Å². The van der Waals surface area contributed by atoms with Crippen LogP contribution >= 0.6 is 0 Å². The molecule has 2 aliphatic rings. The zero-order valence-corrected chi connectivity index (χ0v) is 14.1. The Bertz CT molecular complexity index is 546. The molecule has 1 N–H and O–H groups in total. The maximum Gasteiger partial charge on any atom is 0.326 e. The van der Waals surface area contributed by atoms with E-state index in [4.69, 9.17) is 9.47 Å². The minimum atomic E-state index is -0.201.